The SMILES string of the molecule is CCCOc1ncc(S(=O)(=O)N2CCN(CC)CC2)cc1-c1nc2c3n(cc2c(=O)[nH]1)CCCC3C. The molecule has 10 nitrogen and oxygen atoms in total. The minimum Gasteiger partial charge on any atom is -0.477 e. The number of rotatable bonds is 7. The molecule has 0 spiro atoms. The lowest BCUT2D eigenvalue weighted by molar-refractivity contribution is 0.196. The quantitative estimate of drug-likeness (QED) is 0.516. The maximum Gasteiger partial charge on any atom is 0.260 e. The van der Waals surface area contributed by atoms with E-state index in [0.717, 1.165) is 38.0 Å². The monoisotopic (exact) mass is 514 g/mol. The molecular weight excluding hydrogens is 480 g/mol. The van der Waals surface area contributed by atoms with Crippen molar-refractivity contribution >= 4 is 20.9 Å². The van der Waals surface area contributed by atoms with Crippen LogP contribution < -0.4 is 10.3 Å². The molecule has 0 bridgehead atoms. The lowest BCUT2D eigenvalue weighted by Crippen LogP contribution is -2.48. The van der Waals surface area contributed by atoms with Crippen molar-refractivity contribution in [2.75, 3.05) is 39.3 Å². The number of aromatic amines is 1. The predicted molar refractivity (Wildman–Crippen MR) is 138 cm³/mol. The number of nitrogens with one attached hydrogen (secondary N) is 1. The summed E-state index contributed by atoms with van der Waals surface area (Å²) in [5, 5.41) is 0.545. The van der Waals surface area contributed by atoms with Crippen LogP contribution in [0.15, 0.2) is 28.2 Å². The van der Waals surface area contributed by atoms with Gasteiger partial charge in [-0.15, -0.1) is 0 Å². The Balaban J connectivity index is 1.61. The molecule has 1 fully saturated rings. The fourth-order valence-corrected chi connectivity index (χ4v) is 6.58. The molecule has 0 aromatic carbocycles. The molecular formula is C25H34N6O4S. The average molecular weight is 515 g/mol. The van der Waals surface area contributed by atoms with Gasteiger partial charge in [-0.05, 0) is 37.8 Å². The normalized spacial score (nSPS) is 19.5. The van der Waals surface area contributed by atoms with E-state index in [1.807, 2.05) is 13.1 Å². The average Bonchev–Trinajstić information content (AvgIpc) is 3.28. The van der Waals surface area contributed by atoms with Gasteiger partial charge in [-0.3, -0.25) is 4.79 Å². The number of nitrogens with zero attached hydrogens (tertiary/aromatic N) is 5. The smallest absolute Gasteiger partial charge is 0.260 e. The van der Waals surface area contributed by atoms with Gasteiger partial charge in [0.25, 0.3) is 5.56 Å². The van der Waals surface area contributed by atoms with Gasteiger partial charge in [0.1, 0.15) is 10.7 Å². The van der Waals surface area contributed by atoms with Crippen molar-refractivity contribution in [3.63, 3.8) is 0 Å². The minimum absolute atomic E-state index is 0.0707. The fourth-order valence-electron chi connectivity index (χ4n) is 5.19. The fraction of sp³-hybridized carbons (Fsp3) is 0.560. The molecule has 3 aromatic rings. The molecule has 1 saturated heterocycles. The zero-order chi connectivity index (χ0) is 25.4. The van der Waals surface area contributed by atoms with E-state index in [4.69, 9.17) is 9.72 Å². The second-order valence-corrected chi connectivity index (χ2v) is 11.6. The molecule has 0 saturated carbocycles. The molecule has 36 heavy (non-hydrogen) atoms. The Morgan fingerprint density at radius 3 is 2.67 bits per heavy atom. The van der Waals surface area contributed by atoms with Crippen LogP contribution >= 0.6 is 0 Å². The molecule has 2 aliphatic heterocycles. The molecule has 2 aliphatic rings. The number of ether oxygens (including phenoxy) is 1. The number of piperazine rings is 1. The summed E-state index contributed by atoms with van der Waals surface area (Å²) in [5.41, 5.74) is 1.82. The van der Waals surface area contributed by atoms with Gasteiger partial charge < -0.3 is 19.2 Å². The lowest BCUT2D eigenvalue weighted by Gasteiger charge is -2.33. The van der Waals surface area contributed by atoms with Crippen LogP contribution in [0.25, 0.3) is 22.3 Å². The van der Waals surface area contributed by atoms with Gasteiger partial charge >= 0.3 is 0 Å². The third-order valence-corrected chi connectivity index (χ3v) is 9.10. The maximum atomic E-state index is 13.5. The van der Waals surface area contributed by atoms with Crippen LogP contribution in [0.1, 0.15) is 51.6 Å². The Labute approximate surface area is 211 Å². The summed E-state index contributed by atoms with van der Waals surface area (Å²) >= 11 is 0. The molecule has 1 atom stereocenters. The van der Waals surface area contributed by atoms with E-state index < -0.39 is 10.0 Å². The first-order valence-corrected chi connectivity index (χ1v) is 14.3. The van der Waals surface area contributed by atoms with Crippen LogP contribution in [0.5, 0.6) is 5.88 Å². The molecule has 5 rings (SSSR count). The topological polar surface area (TPSA) is 113 Å². The minimum atomic E-state index is -3.76. The number of aryl methyl sites for hydroxylation is 1. The number of likely N-dealkylation sites (N-methyl/N-ethyl adjacent to an activating group) is 1. The van der Waals surface area contributed by atoms with E-state index in [1.54, 1.807) is 0 Å². The van der Waals surface area contributed by atoms with Crippen molar-refractivity contribution < 1.29 is 13.2 Å². The first-order valence-electron chi connectivity index (χ1n) is 12.8. The highest BCUT2D eigenvalue weighted by atomic mass is 32.2. The Bertz CT molecular complexity index is 1420. The number of pyridine rings is 1. The van der Waals surface area contributed by atoms with E-state index in [2.05, 4.69) is 33.3 Å². The molecule has 0 amide bonds. The third kappa shape index (κ3) is 4.44. The van der Waals surface area contributed by atoms with E-state index >= 15 is 0 Å². The molecule has 194 valence electrons. The molecule has 1 unspecified atom stereocenters. The first-order chi connectivity index (χ1) is 17.3. The van der Waals surface area contributed by atoms with E-state index in [0.29, 0.717) is 49.3 Å². The molecule has 0 radical (unpaired) electrons. The number of hydrogen-bond donors (Lipinski definition) is 1. The largest absolute Gasteiger partial charge is 0.477 e. The third-order valence-electron chi connectivity index (χ3n) is 7.24. The number of fused-ring (bicyclic) bond motifs is 3. The lowest BCUT2D eigenvalue weighted by atomic mass is 9.97. The highest BCUT2D eigenvalue weighted by Crippen LogP contribution is 2.34. The molecule has 1 N–H and O–H groups in total. The van der Waals surface area contributed by atoms with Crippen LogP contribution in [0.4, 0.5) is 0 Å². The van der Waals surface area contributed by atoms with Crippen LogP contribution in [0, 0.1) is 0 Å². The summed E-state index contributed by atoms with van der Waals surface area (Å²) < 4.78 is 36.5. The van der Waals surface area contributed by atoms with Gasteiger partial charge in [-0.25, -0.2) is 18.4 Å². The number of hydrogen-bond acceptors (Lipinski definition) is 7. The first kappa shape index (κ1) is 24.9. The van der Waals surface area contributed by atoms with Crippen molar-refractivity contribution in [2.45, 2.75) is 57.4 Å². The van der Waals surface area contributed by atoms with Crippen LogP contribution in [0.2, 0.25) is 0 Å². The van der Waals surface area contributed by atoms with E-state index in [1.165, 1.54) is 16.6 Å². The van der Waals surface area contributed by atoms with Crippen LogP contribution in [-0.2, 0) is 16.6 Å². The Kier molecular flexibility index (Phi) is 6.88. The Hall–Kier alpha value is -2.76. The Morgan fingerprint density at radius 2 is 1.94 bits per heavy atom. The van der Waals surface area contributed by atoms with Gasteiger partial charge in [0, 0.05) is 44.6 Å². The van der Waals surface area contributed by atoms with E-state index in [9.17, 15) is 13.2 Å². The summed E-state index contributed by atoms with van der Waals surface area (Å²) in [6, 6.07) is 1.54. The molecule has 11 heteroatoms. The Morgan fingerprint density at radius 1 is 1.17 bits per heavy atom. The second-order valence-electron chi connectivity index (χ2n) is 9.64. The number of sulfonamides is 1. The highest BCUT2D eigenvalue weighted by molar-refractivity contribution is 7.89. The van der Waals surface area contributed by atoms with Gasteiger partial charge in [-0.1, -0.05) is 20.8 Å². The van der Waals surface area contributed by atoms with Crippen LogP contribution in [0.3, 0.4) is 0 Å². The zero-order valence-electron chi connectivity index (χ0n) is 21.2. The van der Waals surface area contributed by atoms with E-state index in [-0.39, 0.29) is 28.1 Å². The highest BCUT2D eigenvalue weighted by Gasteiger charge is 2.30. The summed E-state index contributed by atoms with van der Waals surface area (Å²) in [6.07, 6.45) is 6.07. The molecule has 3 aromatic heterocycles. The number of aromatic nitrogens is 4. The standard InChI is InChI=1S/C25H34N6O4S/c1-4-13-35-25-19(14-18(15-26-25)36(33,34)31-11-9-29(5-2)10-12-31)23-27-21-20(24(32)28-23)16-30-8-6-7-17(3)22(21)30/h14-17H,4-13H2,1-3H3,(H,27,28,32). The van der Waals surface area contributed by atoms with Crippen molar-refractivity contribution in [2.24, 2.45) is 0 Å². The van der Waals surface area contributed by atoms with Crippen molar-refractivity contribution in [1.29, 1.82) is 0 Å². The van der Waals surface area contributed by atoms with Crippen LogP contribution in [-0.4, -0.2) is 76.5 Å². The number of H-pyrrole nitrogens is 1. The van der Waals surface area contributed by atoms with Crippen molar-refractivity contribution in [3.05, 3.63) is 34.5 Å². The summed E-state index contributed by atoms with van der Waals surface area (Å²) in [7, 11) is -3.76. The molecule has 0 aliphatic carbocycles. The van der Waals surface area contributed by atoms with Gasteiger partial charge in [0.05, 0.1) is 29.3 Å². The summed E-state index contributed by atoms with van der Waals surface area (Å²) in [5.74, 6) is 0.807. The van der Waals surface area contributed by atoms with Gasteiger partial charge in [0.2, 0.25) is 15.9 Å². The van der Waals surface area contributed by atoms with Gasteiger partial charge in [0.15, 0.2) is 0 Å². The molecule has 5 heterocycles. The maximum absolute atomic E-state index is 13.5. The van der Waals surface area contributed by atoms with Crippen molar-refractivity contribution in [3.8, 4) is 17.3 Å². The van der Waals surface area contributed by atoms with Crippen molar-refractivity contribution in [1.82, 2.24) is 28.7 Å². The summed E-state index contributed by atoms with van der Waals surface area (Å²) in [4.78, 5) is 27.5. The second kappa shape index (κ2) is 9.95. The van der Waals surface area contributed by atoms with Gasteiger partial charge in [-0.2, -0.15) is 4.31 Å². The zero-order valence-corrected chi connectivity index (χ0v) is 22.0. The summed E-state index contributed by atoms with van der Waals surface area (Å²) in [6.45, 7) is 10.6. The predicted octanol–water partition coefficient (Wildman–Crippen LogP) is 2.80.